The summed E-state index contributed by atoms with van der Waals surface area (Å²) in [5.41, 5.74) is 3.36. The first-order chi connectivity index (χ1) is 10.6. The fraction of sp³-hybridized carbons (Fsp3) is 0.222. The average molecular weight is 370 g/mol. The van der Waals surface area contributed by atoms with Crippen molar-refractivity contribution in [2.45, 2.75) is 16.2 Å². The van der Waals surface area contributed by atoms with E-state index in [1.54, 1.807) is 17.8 Å². The quantitative estimate of drug-likeness (QED) is 0.578. The van der Waals surface area contributed by atoms with Crippen molar-refractivity contribution in [3.8, 4) is 0 Å². The normalized spacial score (nSPS) is 14.4. The van der Waals surface area contributed by atoms with E-state index in [-0.39, 0.29) is 23.2 Å². The molecule has 0 bridgehead atoms. The third kappa shape index (κ3) is 3.92. The Morgan fingerprint density at radius 3 is 2.61 bits per heavy atom. The van der Waals surface area contributed by atoms with Crippen LogP contribution in [0.15, 0.2) is 52.3 Å². The van der Waals surface area contributed by atoms with Gasteiger partial charge in [0.25, 0.3) is 0 Å². The molecule has 0 saturated carbocycles. The maximum absolute atomic E-state index is 13.8. The van der Waals surface area contributed by atoms with Gasteiger partial charge < -0.3 is 4.90 Å². The van der Waals surface area contributed by atoms with Crippen LogP contribution in [0.25, 0.3) is 5.57 Å². The molecule has 0 unspecified atom stereocenters. The number of fused-ring (bicyclic) bond motifs is 2. The van der Waals surface area contributed by atoms with E-state index in [1.807, 2.05) is 12.1 Å². The SMILES string of the molecule is CN(C)CC/C=C1\c2ccccc2Sc2cc(F)c(Cl)cc21.Cl. The van der Waals surface area contributed by atoms with Crippen LogP contribution in [0.3, 0.4) is 0 Å². The Bertz CT molecular complexity index is 744. The van der Waals surface area contributed by atoms with Gasteiger partial charge in [0.2, 0.25) is 0 Å². The monoisotopic (exact) mass is 369 g/mol. The minimum Gasteiger partial charge on any atom is -0.309 e. The molecule has 2 aromatic carbocycles. The van der Waals surface area contributed by atoms with Crippen LogP contribution in [0.2, 0.25) is 5.02 Å². The second-order valence-corrected chi connectivity index (χ2v) is 7.06. The third-order valence-corrected chi connectivity index (χ3v) is 5.06. The Balaban J connectivity index is 0.00000192. The summed E-state index contributed by atoms with van der Waals surface area (Å²) >= 11 is 7.60. The number of rotatable bonds is 3. The van der Waals surface area contributed by atoms with Crippen molar-refractivity contribution in [3.05, 3.63) is 64.4 Å². The van der Waals surface area contributed by atoms with Crippen LogP contribution in [-0.2, 0) is 0 Å². The lowest BCUT2D eigenvalue weighted by atomic mass is 9.96. The van der Waals surface area contributed by atoms with Crippen molar-refractivity contribution in [2.75, 3.05) is 20.6 Å². The predicted molar refractivity (Wildman–Crippen MR) is 99.5 cm³/mol. The molecule has 5 heteroatoms. The lowest BCUT2D eigenvalue weighted by molar-refractivity contribution is 0.417. The molecule has 1 aliphatic heterocycles. The highest BCUT2D eigenvalue weighted by atomic mass is 35.5. The standard InChI is InChI=1S/C18H17ClFNS.ClH/c1-21(2)9-5-7-12-13-6-3-4-8-17(13)22-18-11-16(20)15(19)10-14(12)18;/h3-4,6-8,10-11H,5,9H2,1-2H3;1H/b12-7+;. The van der Waals surface area contributed by atoms with Gasteiger partial charge in [0.15, 0.2) is 0 Å². The van der Waals surface area contributed by atoms with E-state index in [0.29, 0.717) is 0 Å². The van der Waals surface area contributed by atoms with Crippen LogP contribution in [-0.4, -0.2) is 25.5 Å². The first kappa shape index (κ1) is 18.3. The maximum Gasteiger partial charge on any atom is 0.142 e. The number of nitrogens with zero attached hydrogens (tertiary/aromatic N) is 1. The Labute approximate surface area is 151 Å². The Hall–Kier alpha value is -1.00. The molecular formula is C18H18Cl2FNS. The van der Waals surface area contributed by atoms with E-state index < -0.39 is 0 Å². The molecule has 0 radical (unpaired) electrons. The molecule has 0 spiro atoms. The molecule has 0 aliphatic carbocycles. The van der Waals surface area contributed by atoms with Gasteiger partial charge in [0.1, 0.15) is 5.82 Å². The van der Waals surface area contributed by atoms with Crippen LogP contribution in [0.4, 0.5) is 4.39 Å². The van der Waals surface area contributed by atoms with E-state index >= 15 is 0 Å². The molecule has 1 nitrogen and oxygen atoms in total. The van der Waals surface area contributed by atoms with E-state index in [0.717, 1.165) is 33.9 Å². The fourth-order valence-electron chi connectivity index (χ4n) is 2.55. The van der Waals surface area contributed by atoms with Crippen LogP contribution >= 0.6 is 35.8 Å². The van der Waals surface area contributed by atoms with Crippen molar-refractivity contribution >= 4 is 41.3 Å². The second-order valence-electron chi connectivity index (χ2n) is 5.57. The first-order valence-electron chi connectivity index (χ1n) is 7.18. The van der Waals surface area contributed by atoms with Crippen molar-refractivity contribution in [3.63, 3.8) is 0 Å². The summed E-state index contributed by atoms with van der Waals surface area (Å²) in [6, 6.07) is 11.5. The molecule has 2 aromatic rings. The Morgan fingerprint density at radius 2 is 1.87 bits per heavy atom. The molecule has 1 aliphatic rings. The van der Waals surface area contributed by atoms with Gasteiger partial charge in [-0.2, -0.15) is 0 Å². The zero-order valence-electron chi connectivity index (χ0n) is 13.0. The van der Waals surface area contributed by atoms with Crippen LogP contribution < -0.4 is 0 Å². The third-order valence-electron chi connectivity index (χ3n) is 3.63. The van der Waals surface area contributed by atoms with E-state index in [9.17, 15) is 4.39 Å². The lowest BCUT2D eigenvalue weighted by Gasteiger charge is -2.23. The topological polar surface area (TPSA) is 3.24 Å². The second kappa shape index (κ2) is 7.71. The summed E-state index contributed by atoms with van der Waals surface area (Å²) in [4.78, 5) is 4.24. The van der Waals surface area contributed by atoms with Gasteiger partial charge in [0.05, 0.1) is 5.02 Å². The summed E-state index contributed by atoms with van der Waals surface area (Å²) in [6.45, 7) is 0.975. The molecule has 122 valence electrons. The molecule has 0 saturated heterocycles. The van der Waals surface area contributed by atoms with Crippen LogP contribution in [0.1, 0.15) is 17.5 Å². The molecular weight excluding hydrogens is 352 g/mol. The number of halogens is 3. The van der Waals surface area contributed by atoms with Crippen LogP contribution in [0.5, 0.6) is 0 Å². The molecule has 0 amide bonds. The van der Waals surface area contributed by atoms with Crippen molar-refractivity contribution in [1.82, 2.24) is 4.90 Å². The van der Waals surface area contributed by atoms with Crippen molar-refractivity contribution in [2.24, 2.45) is 0 Å². The van der Waals surface area contributed by atoms with Crippen LogP contribution in [0, 0.1) is 5.82 Å². The average Bonchev–Trinajstić information content (AvgIpc) is 2.48. The minimum atomic E-state index is -0.361. The van der Waals surface area contributed by atoms with E-state index in [4.69, 9.17) is 11.6 Å². The summed E-state index contributed by atoms with van der Waals surface area (Å²) in [5, 5.41) is 0.178. The highest BCUT2D eigenvalue weighted by Crippen LogP contribution is 2.46. The lowest BCUT2D eigenvalue weighted by Crippen LogP contribution is -2.12. The van der Waals surface area contributed by atoms with Crippen molar-refractivity contribution in [1.29, 1.82) is 0 Å². The maximum atomic E-state index is 13.8. The first-order valence-corrected chi connectivity index (χ1v) is 8.37. The Kier molecular flexibility index (Phi) is 6.15. The number of benzene rings is 2. The van der Waals surface area contributed by atoms with Gasteiger partial charge >= 0.3 is 0 Å². The van der Waals surface area contributed by atoms with Gasteiger partial charge in [-0.25, -0.2) is 4.39 Å². The molecule has 0 aromatic heterocycles. The highest BCUT2D eigenvalue weighted by Gasteiger charge is 2.22. The highest BCUT2D eigenvalue weighted by molar-refractivity contribution is 7.99. The predicted octanol–water partition coefficient (Wildman–Crippen LogP) is 5.75. The fourth-order valence-corrected chi connectivity index (χ4v) is 3.83. The zero-order valence-corrected chi connectivity index (χ0v) is 15.4. The smallest absolute Gasteiger partial charge is 0.142 e. The van der Waals surface area contributed by atoms with Crippen molar-refractivity contribution < 1.29 is 4.39 Å². The van der Waals surface area contributed by atoms with Gasteiger partial charge in [0, 0.05) is 16.3 Å². The zero-order chi connectivity index (χ0) is 15.7. The molecule has 23 heavy (non-hydrogen) atoms. The van der Waals surface area contributed by atoms with Gasteiger partial charge in [-0.3, -0.25) is 0 Å². The molecule has 1 heterocycles. The minimum absolute atomic E-state index is 0. The summed E-state index contributed by atoms with van der Waals surface area (Å²) in [5.74, 6) is -0.361. The van der Waals surface area contributed by atoms with Gasteiger partial charge in [-0.15, -0.1) is 12.4 Å². The van der Waals surface area contributed by atoms with E-state index in [2.05, 4.69) is 37.2 Å². The summed E-state index contributed by atoms with van der Waals surface area (Å²) in [6.07, 6.45) is 3.17. The van der Waals surface area contributed by atoms with Gasteiger partial charge in [-0.1, -0.05) is 47.6 Å². The number of hydrogen-bond donors (Lipinski definition) is 0. The molecule has 0 fully saturated rings. The Morgan fingerprint density at radius 1 is 1.13 bits per heavy atom. The summed E-state index contributed by atoms with van der Waals surface area (Å²) in [7, 11) is 4.12. The molecule has 0 N–H and O–H groups in total. The van der Waals surface area contributed by atoms with E-state index in [1.165, 1.54) is 11.6 Å². The molecule has 0 atom stereocenters. The largest absolute Gasteiger partial charge is 0.309 e. The number of hydrogen-bond acceptors (Lipinski definition) is 2. The van der Waals surface area contributed by atoms with Gasteiger partial charge in [-0.05, 0) is 55.4 Å². The summed E-state index contributed by atoms with van der Waals surface area (Å²) < 4.78 is 13.8. The molecule has 3 rings (SSSR count).